The number of hydrogen-bond acceptors (Lipinski definition) is 2. The number of hydrogen-bond donors (Lipinski definition) is 1. The Morgan fingerprint density at radius 1 is 1.00 bits per heavy atom. The van der Waals surface area contributed by atoms with Crippen molar-refractivity contribution < 1.29 is 9.59 Å². The van der Waals surface area contributed by atoms with Gasteiger partial charge in [0.2, 0.25) is 11.8 Å². The highest BCUT2D eigenvalue weighted by molar-refractivity contribution is 5.96. The second-order valence-corrected chi connectivity index (χ2v) is 5.56. The molecular weight excluding hydrogens is 240 g/mol. The fourth-order valence-electron chi connectivity index (χ4n) is 2.52. The van der Waals surface area contributed by atoms with E-state index in [-0.39, 0.29) is 23.9 Å². The first-order chi connectivity index (χ1) is 9.07. The molecule has 0 radical (unpaired) electrons. The zero-order valence-corrected chi connectivity index (χ0v) is 12.6. The van der Waals surface area contributed by atoms with Crippen LogP contribution >= 0.6 is 0 Å². The lowest BCUT2D eigenvalue weighted by Gasteiger charge is -2.36. The maximum atomic E-state index is 12.0. The molecule has 0 aromatic rings. The molecule has 0 bridgehead atoms. The van der Waals surface area contributed by atoms with E-state index < -0.39 is 0 Å². The van der Waals surface area contributed by atoms with E-state index in [1.807, 2.05) is 0 Å². The summed E-state index contributed by atoms with van der Waals surface area (Å²) in [5.74, 6) is 0.0214. The molecule has 110 valence electrons. The van der Waals surface area contributed by atoms with Crippen LogP contribution in [-0.4, -0.2) is 35.3 Å². The molecule has 0 spiro atoms. The number of amides is 2. The van der Waals surface area contributed by atoms with Crippen molar-refractivity contribution in [1.82, 2.24) is 10.2 Å². The van der Waals surface area contributed by atoms with E-state index in [0.29, 0.717) is 6.54 Å². The molecule has 2 amide bonds. The van der Waals surface area contributed by atoms with Gasteiger partial charge in [-0.25, -0.2) is 0 Å². The van der Waals surface area contributed by atoms with Crippen molar-refractivity contribution in [2.75, 3.05) is 6.54 Å². The van der Waals surface area contributed by atoms with Crippen LogP contribution in [0.1, 0.15) is 65.7 Å². The second kappa shape index (κ2) is 8.18. The van der Waals surface area contributed by atoms with Crippen LogP contribution in [-0.2, 0) is 9.59 Å². The summed E-state index contributed by atoms with van der Waals surface area (Å²) in [6, 6.07) is -0.683. The van der Waals surface area contributed by atoms with E-state index in [1.165, 1.54) is 32.1 Å². The average Bonchev–Trinajstić information content (AvgIpc) is 2.39. The van der Waals surface area contributed by atoms with Crippen molar-refractivity contribution in [2.24, 2.45) is 0 Å². The predicted molar refractivity (Wildman–Crippen MR) is 76.8 cm³/mol. The summed E-state index contributed by atoms with van der Waals surface area (Å²) in [5.41, 5.74) is 0. The van der Waals surface area contributed by atoms with E-state index in [0.717, 1.165) is 12.8 Å². The highest BCUT2D eigenvalue weighted by Crippen LogP contribution is 2.13. The molecule has 4 heteroatoms. The predicted octanol–water partition coefficient (Wildman–Crippen LogP) is 2.47. The van der Waals surface area contributed by atoms with Crippen molar-refractivity contribution >= 4 is 11.8 Å². The van der Waals surface area contributed by atoms with Crippen LogP contribution in [0.4, 0.5) is 0 Å². The molecule has 0 aliphatic carbocycles. The number of piperazine rings is 1. The molecule has 1 aliphatic heterocycles. The van der Waals surface area contributed by atoms with Gasteiger partial charge in [0.25, 0.3) is 0 Å². The summed E-state index contributed by atoms with van der Waals surface area (Å²) in [6.07, 6.45) is 8.58. The number of carbonyl (C=O) groups excluding carboxylic acids is 2. The third-order valence-electron chi connectivity index (χ3n) is 3.86. The number of nitrogens with zero attached hydrogens (tertiary/aromatic N) is 1. The van der Waals surface area contributed by atoms with E-state index in [4.69, 9.17) is 0 Å². The lowest BCUT2D eigenvalue weighted by atomic mass is 10.1. The molecule has 0 saturated carbocycles. The SMILES string of the molecule is CCCCCCCCCN1C(=O)C(C)NC(=O)C1C. The molecule has 1 fully saturated rings. The third kappa shape index (κ3) is 4.84. The molecule has 4 nitrogen and oxygen atoms in total. The van der Waals surface area contributed by atoms with Crippen molar-refractivity contribution in [3.05, 3.63) is 0 Å². The van der Waals surface area contributed by atoms with E-state index in [9.17, 15) is 9.59 Å². The zero-order chi connectivity index (χ0) is 14.3. The number of nitrogens with one attached hydrogen (secondary N) is 1. The first-order valence-electron chi connectivity index (χ1n) is 7.68. The van der Waals surface area contributed by atoms with Crippen LogP contribution in [0.5, 0.6) is 0 Å². The maximum absolute atomic E-state index is 12.0. The maximum Gasteiger partial charge on any atom is 0.245 e. The Balaban J connectivity index is 2.23. The fourth-order valence-corrected chi connectivity index (χ4v) is 2.52. The molecule has 1 N–H and O–H groups in total. The van der Waals surface area contributed by atoms with Crippen LogP contribution in [0, 0.1) is 0 Å². The Hall–Kier alpha value is -1.06. The van der Waals surface area contributed by atoms with Gasteiger partial charge in [-0.15, -0.1) is 0 Å². The highest BCUT2D eigenvalue weighted by Gasteiger charge is 2.34. The quantitative estimate of drug-likeness (QED) is 0.688. The monoisotopic (exact) mass is 268 g/mol. The summed E-state index contributed by atoms with van der Waals surface area (Å²) in [5, 5.41) is 2.70. The van der Waals surface area contributed by atoms with Gasteiger partial charge in [0, 0.05) is 6.54 Å². The average molecular weight is 268 g/mol. The van der Waals surface area contributed by atoms with Crippen molar-refractivity contribution in [3.63, 3.8) is 0 Å². The first kappa shape index (κ1) is 16.0. The molecular formula is C15H28N2O2. The largest absolute Gasteiger partial charge is 0.343 e. The zero-order valence-electron chi connectivity index (χ0n) is 12.6. The summed E-state index contributed by atoms with van der Waals surface area (Å²) in [4.78, 5) is 25.4. The smallest absolute Gasteiger partial charge is 0.245 e. The molecule has 0 aromatic carbocycles. The summed E-state index contributed by atoms with van der Waals surface area (Å²) in [6.45, 7) is 6.49. The summed E-state index contributed by atoms with van der Waals surface area (Å²) in [7, 11) is 0. The molecule has 1 heterocycles. The lowest BCUT2D eigenvalue weighted by molar-refractivity contribution is -0.148. The third-order valence-corrected chi connectivity index (χ3v) is 3.86. The van der Waals surface area contributed by atoms with Crippen LogP contribution in [0.25, 0.3) is 0 Å². The van der Waals surface area contributed by atoms with Crippen molar-refractivity contribution in [1.29, 1.82) is 0 Å². The van der Waals surface area contributed by atoms with Crippen LogP contribution in [0.3, 0.4) is 0 Å². The molecule has 1 aliphatic rings. The Kier molecular flexibility index (Phi) is 6.89. The number of carbonyl (C=O) groups is 2. The normalized spacial score (nSPS) is 23.6. The van der Waals surface area contributed by atoms with Gasteiger partial charge in [0.05, 0.1) is 0 Å². The van der Waals surface area contributed by atoms with Gasteiger partial charge in [0.1, 0.15) is 12.1 Å². The number of unbranched alkanes of at least 4 members (excludes halogenated alkanes) is 6. The summed E-state index contributed by atoms with van der Waals surface area (Å²) < 4.78 is 0. The Bertz CT molecular complexity index is 305. The van der Waals surface area contributed by atoms with E-state index in [1.54, 1.807) is 18.7 Å². The fraction of sp³-hybridized carbons (Fsp3) is 0.867. The molecule has 2 unspecified atom stereocenters. The van der Waals surface area contributed by atoms with Crippen molar-refractivity contribution in [3.8, 4) is 0 Å². The van der Waals surface area contributed by atoms with Crippen molar-refractivity contribution in [2.45, 2.75) is 77.8 Å². The van der Waals surface area contributed by atoms with Gasteiger partial charge in [-0.05, 0) is 20.3 Å². The van der Waals surface area contributed by atoms with Crippen LogP contribution in [0.2, 0.25) is 0 Å². The first-order valence-corrected chi connectivity index (χ1v) is 7.68. The Morgan fingerprint density at radius 2 is 1.58 bits per heavy atom. The van der Waals surface area contributed by atoms with Gasteiger partial charge in [-0.3, -0.25) is 9.59 Å². The molecule has 1 rings (SSSR count). The van der Waals surface area contributed by atoms with Gasteiger partial charge < -0.3 is 10.2 Å². The van der Waals surface area contributed by atoms with Gasteiger partial charge in [-0.1, -0.05) is 45.4 Å². The Morgan fingerprint density at radius 3 is 2.21 bits per heavy atom. The minimum atomic E-state index is -0.367. The highest BCUT2D eigenvalue weighted by atomic mass is 16.2. The van der Waals surface area contributed by atoms with E-state index >= 15 is 0 Å². The van der Waals surface area contributed by atoms with Gasteiger partial charge in [-0.2, -0.15) is 0 Å². The minimum Gasteiger partial charge on any atom is -0.343 e. The van der Waals surface area contributed by atoms with Gasteiger partial charge >= 0.3 is 0 Å². The molecule has 1 saturated heterocycles. The lowest BCUT2D eigenvalue weighted by Crippen LogP contribution is -2.61. The van der Waals surface area contributed by atoms with Gasteiger partial charge in [0.15, 0.2) is 0 Å². The standard InChI is InChI=1S/C15H28N2O2/c1-4-5-6-7-8-9-10-11-17-13(3)14(18)16-12(2)15(17)19/h12-13H,4-11H2,1-3H3,(H,16,18). The number of rotatable bonds is 8. The Labute approximate surface area is 116 Å². The molecule has 0 aromatic heterocycles. The topological polar surface area (TPSA) is 49.4 Å². The minimum absolute atomic E-state index is 0.0324. The van der Waals surface area contributed by atoms with E-state index in [2.05, 4.69) is 12.2 Å². The molecule has 19 heavy (non-hydrogen) atoms. The second-order valence-electron chi connectivity index (χ2n) is 5.56. The molecule has 2 atom stereocenters. The van der Waals surface area contributed by atoms with Crippen LogP contribution in [0.15, 0.2) is 0 Å². The van der Waals surface area contributed by atoms with Crippen LogP contribution < -0.4 is 5.32 Å². The summed E-state index contributed by atoms with van der Waals surface area (Å²) >= 11 is 0.